The summed E-state index contributed by atoms with van der Waals surface area (Å²) in [5.74, 6) is 0.0835. The van der Waals surface area contributed by atoms with E-state index in [9.17, 15) is 10.1 Å². The molecule has 0 saturated carbocycles. The van der Waals surface area contributed by atoms with Crippen LogP contribution >= 0.6 is 0 Å². The van der Waals surface area contributed by atoms with Gasteiger partial charge in [-0.2, -0.15) is 0 Å². The predicted octanol–water partition coefficient (Wildman–Crippen LogP) is 0.941. The summed E-state index contributed by atoms with van der Waals surface area (Å²) in [5.41, 5.74) is -0.00552. The second-order valence-electron chi connectivity index (χ2n) is 3.95. The summed E-state index contributed by atoms with van der Waals surface area (Å²) in [6.07, 6.45) is -1.12. The van der Waals surface area contributed by atoms with E-state index in [2.05, 4.69) is 0 Å². The summed E-state index contributed by atoms with van der Waals surface area (Å²) >= 11 is 0. The molecular weight excluding hydrogens is 298 g/mol. The number of hydrogen-bond acceptors (Lipinski definition) is 8. The van der Waals surface area contributed by atoms with E-state index in [0.29, 0.717) is 13.2 Å². The number of benzene rings is 1. The first-order valence-electron chi connectivity index (χ1n) is 6.57. The number of aliphatic hydroxyl groups excluding tert-OH is 2. The smallest absolute Gasteiger partial charge is 0.311 e. The SMILES string of the molecule is CCOCCOc1ccc(C(OCO)OCO)cc1[N+](=O)[O-]. The highest BCUT2D eigenvalue weighted by Crippen LogP contribution is 2.31. The van der Waals surface area contributed by atoms with Crippen molar-refractivity contribution in [2.75, 3.05) is 33.4 Å². The molecule has 0 spiro atoms. The molecule has 0 heterocycles. The Morgan fingerprint density at radius 1 is 1.23 bits per heavy atom. The number of nitrogens with zero attached hydrogens (tertiary/aromatic N) is 1. The van der Waals surface area contributed by atoms with E-state index in [4.69, 9.17) is 29.2 Å². The molecular formula is C13H19NO8. The van der Waals surface area contributed by atoms with Gasteiger partial charge in [-0.3, -0.25) is 10.1 Å². The zero-order chi connectivity index (χ0) is 16.4. The summed E-state index contributed by atoms with van der Waals surface area (Å²) in [7, 11) is 0. The maximum absolute atomic E-state index is 11.1. The summed E-state index contributed by atoms with van der Waals surface area (Å²) in [4.78, 5) is 10.5. The lowest BCUT2D eigenvalue weighted by Crippen LogP contribution is -2.12. The van der Waals surface area contributed by atoms with E-state index in [1.54, 1.807) is 0 Å². The van der Waals surface area contributed by atoms with Crippen LogP contribution in [0.25, 0.3) is 0 Å². The molecule has 22 heavy (non-hydrogen) atoms. The van der Waals surface area contributed by atoms with Crippen molar-refractivity contribution in [1.29, 1.82) is 0 Å². The minimum absolute atomic E-state index is 0.0835. The molecule has 9 nitrogen and oxygen atoms in total. The monoisotopic (exact) mass is 317 g/mol. The van der Waals surface area contributed by atoms with Gasteiger partial charge in [-0.15, -0.1) is 0 Å². The molecule has 0 saturated heterocycles. The molecule has 124 valence electrons. The van der Waals surface area contributed by atoms with E-state index >= 15 is 0 Å². The van der Waals surface area contributed by atoms with E-state index in [1.165, 1.54) is 18.2 Å². The van der Waals surface area contributed by atoms with Crippen molar-refractivity contribution in [3.8, 4) is 5.75 Å². The maximum atomic E-state index is 11.1. The molecule has 0 aliphatic heterocycles. The lowest BCUT2D eigenvalue weighted by atomic mass is 10.2. The largest absolute Gasteiger partial charge is 0.484 e. The summed E-state index contributed by atoms with van der Waals surface area (Å²) < 4.78 is 20.1. The van der Waals surface area contributed by atoms with Gasteiger partial charge < -0.3 is 29.2 Å². The van der Waals surface area contributed by atoms with Crippen molar-refractivity contribution in [3.63, 3.8) is 0 Å². The van der Waals surface area contributed by atoms with Crippen LogP contribution in [0.2, 0.25) is 0 Å². The van der Waals surface area contributed by atoms with Crippen LogP contribution in [0.4, 0.5) is 5.69 Å². The maximum Gasteiger partial charge on any atom is 0.311 e. The topological polar surface area (TPSA) is 121 Å². The van der Waals surface area contributed by atoms with Crippen LogP contribution in [0, 0.1) is 10.1 Å². The highest BCUT2D eigenvalue weighted by Gasteiger charge is 2.21. The first-order chi connectivity index (χ1) is 10.6. The Hall–Kier alpha value is -1.78. The van der Waals surface area contributed by atoms with Crippen LogP contribution in [0.15, 0.2) is 18.2 Å². The highest BCUT2D eigenvalue weighted by molar-refractivity contribution is 5.49. The van der Waals surface area contributed by atoms with Gasteiger partial charge in [-0.25, -0.2) is 0 Å². The van der Waals surface area contributed by atoms with Gasteiger partial charge in [0.15, 0.2) is 12.0 Å². The molecule has 0 radical (unpaired) electrons. The second-order valence-corrected chi connectivity index (χ2v) is 3.95. The fraction of sp³-hybridized carbons (Fsp3) is 0.538. The first-order valence-corrected chi connectivity index (χ1v) is 6.57. The van der Waals surface area contributed by atoms with Gasteiger partial charge >= 0.3 is 5.69 Å². The fourth-order valence-corrected chi connectivity index (χ4v) is 1.68. The Kier molecular flexibility index (Phi) is 8.33. The number of rotatable bonds is 11. The second kappa shape index (κ2) is 10.0. The van der Waals surface area contributed by atoms with Crippen LogP contribution in [0.1, 0.15) is 18.8 Å². The van der Waals surface area contributed by atoms with E-state index in [1.807, 2.05) is 6.92 Å². The third-order valence-electron chi connectivity index (χ3n) is 2.59. The Morgan fingerprint density at radius 2 is 1.91 bits per heavy atom. The number of nitro benzene ring substituents is 1. The van der Waals surface area contributed by atoms with Crippen molar-refractivity contribution in [2.45, 2.75) is 13.2 Å². The Morgan fingerprint density at radius 3 is 2.45 bits per heavy atom. The van der Waals surface area contributed by atoms with Crippen molar-refractivity contribution in [3.05, 3.63) is 33.9 Å². The number of hydrogen-bond donors (Lipinski definition) is 2. The van der Waals surface area contributed by atoms with Crippen molar-refractivity contribution in [1.82, 2.24) is 0 Å². The average Bonchev–Trinajstić information content (AvgIpc) is 2.51. The summed E-state index contributed by atoms with van der Waals surface area (Å²) in [5, 5.41) is 28.7. The van der Waals surface area contributed by atoms with Gasteiger partial charge in [0.2, 0.25) is 0 Å². The number of nitro groups is 1. The van der Waals surface area contributed by atoms with Crippen molar-refractivity contribution in [2.24, 2.45) is 0 Å². The highest BCUT2D eigenvalue weighted by atomic mass is 16.7. The fourth-order valence-electron chi connectivity index (χ4n) is 1.68. The minimum atomic E-state index is -1.12. The van der Waals surface area contributed by atoms with Crippen LogP contribution in [0.3, 0.4) is 0 Å². The molecule has 1 rings (SSSR count). The molecule has 9 heteroatoms. The molecule has 0 amide bonds. The zero-order valence-corrected chi connectivity index (χ0v) is 12.1. The van der Waals surface area contributed by atoms with Gasteiger partial charge in [0.25, 0.3) is 0 Å². The molecule has 0 unspecified atom stereocenters. The molecule has 0 aromatic heterocycles. The van der Waals surface area contributed by atoms with Gasteiger partial charge in [0, 0.05) is 18.2 Å². The molecule has 2 N–H and O–H groups in total. The van der Waals surface area contributed by atoms with E-state index in [-0.39, 0.29) is 23.6 Å². The first kappa shape index (κ1) is 18.3. The molecule has 1 aromatic rings. The van der Waals surface area contributed by atoms with Crippen molar-refractivity contribution >= 4 is 5.69 Å². The molecule has 1 aromatic carbocycles. The van der Waals surface area contributed by atoms with E-state index in [0.717, 1.165) is 0 Å². The summed E-state index contributed by atoms with van der Waals surface area (Å²) in [6, 6.07) is 4.08. The van der Waals surface area contributed by atoms with E-state index < -0.39 is 24.8 Å². The summed E-state index contributed by atoms with van der Waals surface area (Å²) in [6.45, 7) is 1.54. The minimum Gasteiger partial charge on any atom is -0.484 e. The Labute approximate surface area is 127 Å². The number of ether oxygens (including phenoxy) is 4. The molecule has 0 fully saturated rings. The molecule has 0 aliphatic rings. The zero-order valence-electron chi connectivity index (χ0n) is 12.1. The van der Waals surface area contributed by atoms with Gasteiger partial charge in [0.1, 0.15) is 20.2 Å². The van der Waals surface area contributed by atoms with Gasteiger partial charge in [0.05, 0.1) is 11.5 Å². The third-order valence-corrected chi connectivity index (χ3v) is 2.59. The van der Waals surface area contributed by atoms with Crippen LogP contribution in [-0.4, -0.2) is 48.5 Å². The number of aliphatic hydroxyl groups is 2. The van der Waals surface area contributed by atoms with Crippen LogP contribution in [-0.2, 0) is 14.2 Å². The molecule has 0 aliphatic carbocycles. The standard InChI is InChI=1S/C13H19NO8/c1-2-19-5-6-20-12-4-3-10(7-11(12)14(17)18)13(21-8-15)22-9-16/h3-4,7,13,15-16H,2,5-6,8-9H2,1H3. The van der Waals surface area contributed by atoms with Crippen LogP contribution in [0.5, 0.6) is 5.75 Å². The lowest BCUT2D eigenvalue weighted by molar-refractivity contribution is -0.386. The third kappa shape index (κ3) is 5.54. The van der Waals surface area contributed by atoms with Gasteiger partial charge in [-0.05, 0) is 19.1 Å². The quantitative estimate of drug-likeness (QED) is 0.268. The average molecular weight is 317 g/mol. The predicted molar refractivity (Wildman–Crippen MR) is 74.2 cm³/mol. The Balaban J connectivity index is 2.90. The molecule has 0 bridgehead atoms. The Bertz CT molecular complexity index is 461. The lowest BCUT2D eigenvalue weighted by Gasteiger charge is -2.16. The van der Waals surface area contributed by atoms with Crippen LogP contribution < -0.4 is 4.74 Å². The normalized spacial score (nSPS) is 10.9. The van der Waals surface area contributed by atoms with Crippen molar-refractivity contribution < 1.29 is 34.1 Å². The van der Waals surface area contributed by atoms with Gasteiger partial charge in [-0.1, -0.05) is 0 Å². The molecule has 0 atom stereocenters.